The Morgan fingerprint density at radius 1 is 0.923 bits per heavy atom. The monoisotopic (exact) mass is 348 g/mol. The number of hydrogen-bond acceptors (Lipinski definition) is 6. The zero-order chi connectivity index (χ0) is 18.4. The van der Waals surface area contributed by atoms with Gasteiger partial charge in [0.15, 0.2) is 5.75 Å². The number of hydrogen-bond donors (Lipinski definition) is 1. The minimum atomic E-state index is -0.544. The van der Waals surface area contributed by atoms with Gasteiger partial charge in [0.05, 0.1) is 18.4 Å². The second-order valence-electron chi connectivity index (χ2n) is 5.31. The number of nitrogens with zero attached hydrogens (tertiary/aromatic N) is 2. The molecule has 6 nitrogen and oxygen atoms in total. The average molecular weight is 348 g/mol. The van der Waals surface area contributed by atoms with Gasteiger partial charge in [0, 0.05) is 6.07 Å². The van der Waals surface area contributed by atoms with E-state index >= 15 is 0 Å². The molecule has 0 heterocycles. The summed E-state index contributed by atoms with van der Waals surface area (Å²) in [7, 11) is 1.58. The van der Waals surface area contributed by atoms with Gasteiger partial charge in [-0.25, -0.2) is 4.79 Å². The molecule has 0 aromatic heterocycles. The number of methoxy groups -OCH3 is 1. The number of phenolic OH excluding ortho intramolecular Hbond substituents is 1. The van der Waals surface area contributed by atoms with Gasteiger partial charge >= 0.3 is 5.97 Å². The lowest BCUT2D eigenvalue weighted by Crippen LogP contribution is -2.08. The zero-order valence-corrected chi connectivity index (χ0v) is 14.0. The Bertz CT molecular complexity index is 922. The molecule has 0 unspecified atom stereocenters. The average Bonchev–Trinajstić information content (AvgIpc) is 2.68. The van der Waals surface area contributed by atoms with E-state index in [1.54, 1.807) is 61.7 Å². The lowest BCUT2D eigenvalue weighted by Gasteiger charge is -2.07. The molecule has 0 spiro atoms. The minimum absolute atomic E-state index is 0.0377. The van der Waals surface area contributed by atoms with Crippen molar-refractivity contribution in [1.29, 1.82) is 0 Å². The summed E-state index contributed by atoms with van der Waals surface area (Å²) in [4.78, 5) is 12.2. The molecule has 0 atom stereocenters. The molecule has 0 bridgehead atoms. The molecule has 26 heavy (non-hydrogen) atoms. The van der Waals surface area contributed by atoms with Crippen LogP contribution in [0, 0.1) is 0 Å². The third-order valence-corrected chi connectivity index (χ3v) is 3.50. The van der Waals surface area contributed by atoms with Gasteiger partial charge in [-0.3, -0.25) is 0 Å². The smallest absolute Gasteiger partial charge is 0.343 e. The molecule has 1 N–H and O–H groups in total. The number of rotatable bonds is 5. The van der Waals surface area contributed by atoms with Crippen LogP contribution in [-0.2, 0) is 0 Å². The fourth-order valence-electron chi connectivity index (χ4n) is 2.16. The topological polar surface area (TPSA) is 80.5 Å². The van der Waals surface area contributed by atoms with Crippen molar-refractivity contribution >= 4 is 17.3 Å². The highest BCUT2D eigenvalue weighted by Gasteiger charge is 2.12. The van der Waals surface area contributed by atoms with Gasteiger partial charge in [0.2, 0.25) is 0 Å². The Kier molecular flexibility index (Phi) is 5.24. The molecule has 3 aromatic carbocycles. The summed E-state index contributed by atoms with van der Waals surface area (Å²) in [5.74, 6) is 0.253. The number of ether oxygens (including phenoxy) is 2. The molecule has 0 aliphatic carbocycles. The Morgan fingerprint density at radius 2 is 1.65 bits per heavy atom. The fourth-order valence-corrected chi connectivity index (χ4v) is 2.16. The quantitative estimate of drug-likeness (QED) is 0.398. The van der Waals surface area contributed by atoms with Crippen LogP contribution in [0.25, 0.3) is 0 Å². The Balaban J connectivity index is 1.83. The van der Waals surface area contributed by atoms with Crippen molar-refractivity contribution in [2.45, 2.75) is 0 Å². The van der Waals surface area contributed by atoms with E-state index in [0.717, 1.165) is 0 Å². The highest BCUT2D eigenvalue weighted by Crippen LogP contribution is 2.33. The summed E-state index contributed by atoms with van der Waals surface area (Å²) in [6, 6.07) is 19.9. The van der Waals surface area contributed by atoms with Gasteiger partial charge in [-0.2, -0.15) is 5.11 Å². The first-order valence-corrected chi connectivity index (χ1v) is 7.82. The number of aromatic hydroxyl groups is 1. The highest BCUT2D eigenvalue weighted by molar-refractivity contribution is 5.91. The third kappa shape index (κ3) is 4.24. The van der Waals surface area contributed by atoms with E-state index in [9.17, 15) is 9.90 Å². The van der Waals surface area contributed by atoms with E-state index < -0.39 is 5.97 Å². The van der Waals surface area contributed by atoms with Crippen LogP contribution in [0.3, 0.4) is 0 Å². The van der Waals surface area contributed by atoms with Crippen molar-refractivity contribution in [2.75, 3.05) is 7.11 Å². The first kappa shape index (κ1) is 17.2. The van der Waals surface area contributed by atoms with E-state index in [2.05, 4.69) is 10.2 Å². The van der Waals surface area contributed by atoms with Crippen LogP contribution >= 0.6 is 0 Å². The highest BCUT2D eigenvalue weighted by atomic mass is 16.5. The van der Waals surface area contributed by atoms with Crippen molar-refractivity contribution in [3.05, 3.63) is 78.4 Å². The van der Waals surface area contributed by atoms with Crippen LogP contribution in [0.4, 0.5) is 11.4 Å². The minimum Gasteiger partial charge on any atom is -0.508 e. The summed E-state index contributed by atoms with van der Waals surface area (Å²) in [5.41, 5.74) is 1.33. The maximum absolute atomic E-state index is 12.2. The first-order chi connectivity index (χ1) is 12.7. The zero-order valence-electron chi connectivity index (χ0n) is 14.0. The van der Waals surface area contributed by atoms with Crippen LogP contribution in [0.15, 0.2) is 83.0 Å². The van der Waals surface area contributed by atoms with Crippen LogP contribution in [0.5, 0.6) is 17.2 Å². The third-order valence-electron chi connectivity index (χ3n) is 3.50. The van der Waals surface area contributed by atoms with Crippen molar-refractivity contribution in [3.8, 4) is 17.2 Å². The Morgan fingerprint density at radius 3 is 2.35 bits per heavy atom. The van der Waals surface area contributed by atoms with Gasteiger partial charge in [0.1, 0.15) is 17.2 Å². The number of carbonyl (C=O) groups is 1. The standard InChI is InChI=1S/C20H16N2O4/c1-25-17-10-7-15(8-11-17)21-22-18-12-9-16(23)13-19(18)26-20(24)14-5-3-2-4-6-14/h2-13,23H,1H3. The summed E-state index contributed by atoms with van der Waals surface area (Å²) >= 11 is 0. The number of benzene rings is 3. The number of azo groups is 1. The first-order valence-electron chi connectivity index (χ1n) is 7.82. The summed E-state index contributed by atoms with van der Waals surface area (Å²) < 4.78 is 10.5. The molecule has 0 radical (unpaired) electrons. The van der Waals surface area contributed by atoms with Gasteiger partial charge < -0.3 is 14.6 Å². The maximum Gasteiger partial charge on any atom is 0.343 e. The van der Waals surface area contributed by atoms with E-state index in [1.807, 2.05) is 0 Å². The normalized spacial score (nSPS) is 10.7. The van der Waals surface area contributed by atoms with Gasteiger partial charge in [-0.05, 0) is 48.5 Å². The SMILES string of the molecule is COc1ccc(N=Nc2ccc(O)cc2OC(=O)c2ccccc2)cc1. The van der Waals surface area contributed by atoms with Crippen molar-refractivity contribution in [2.24, 2.45) is 10.2 Å². The molecule has 3 aromatic rings. The second kappa shape index (κ2) is 7.94. The predicted octanol–water partition coefficient (Wildman–Crippen LogP) is 5.04. The summed E-state index contributed by atoms with van der Waals surface area (Å²) in [5, 5.41) is 17.9. The predicted molar refractivity (Wildman–Crippen MR) is 96.7 cm³/mol. The second-order valence-corrected chi connectivity index (χ2v) is 5.31. The van der Waals surface area contributed by atoms with Crippen molar-refractivity contribution in [3.63, 3.8) is 0 Å². The maximum atomic E-state index is 12.2. The molecule has 0 saturated carbocycles. The lowest BCUT2D eigenvalue weighted by atomic mass is 10.2. The molecule has 0 saturated heterocycles. The van der Waals surface area contributed by atoms with Gasteiger partial charge in [0.25, 0.3) is 0 Å². The summed E-state index contributed by atoms with van der Waals surface area (Å²) in [6.07, 6.45) is 0. The lowest BCUT2D eigenvalue weighted by molar-refractivity contribution is 0.0735. The van der Waals surface area contributed by atoms with E-state index in [1.165, 1.54) is 18.2 Å². The van der Waals surface area contributed by atoms with E-state index in [-0.39, 0.29) is 11.5 Å². The van der Waals surface area contributed by atoms with Crippen molar-refractivity contribution in [1.82, 2.24) is 0 Å². The molecule has 130 valence electrons. The molecular formula is C20H16N2O4. The molecule has 6 heteroatoms. The molecule has 0 aliphatic rings. The summed E-state index contributed by atoms with van der Waals surface area (Å²) in [6.45, 7) is 0. The van der Waals surface area contributed by atoms with Crippen LogP contribution in [-0.4, -0.2) is 18.2 Å². The largest absolute Gasteiger partial charge is 0.508 e. The van der Waals surface area contributed by atoms with Gasteiger partial charge in [-0.1, -0.05) is 18.2 Å². The number of carbonyl (C=O) groups excluding carboxylic acids is 1. The van der Waals surface area contributed by atoms with Crippen molar-refractivity contribution < 1.29 is 19.4 Å². The van der Waals surface area contributed by atoms with E-state index in [0.29, 0.717) is 22.7 Å². The number of phenols is 1. The molecular weight excluding hydrogens is 332 g/mol. The fraction of sp³-hybridized carbons (Fsp3) is 0.0500. The molecule has 0 amide bonds. The molecule has 3 rings (SSSR count). The van der Waals surface area contributed by atoms with E-state index in [4.69, 9.17) is 9.47 Å². The van der Waals surface area contributed by atoms with Crippen LogP contribution < -0.4 is 9.47 Å². The Labute approximate surface area is 150 Å². The van der Waals surface area contributed by atoms with Crippen LogP contribution in [0.2, 0.25) is 0 Å². The Hall–Kier alpha value is -3.67. The number of esters is 1. The van der Waals surface area contributed by atoms with Crippen LogP contribution in [0.1, 0.15) is 10.4 Å². The van der Waals surface area contributed by atoms with Gasteiger partial charge in [-0.15, -0.1) is 5.11 Å². The molecule has 0 fully saturated rings. The molecule has 0 aliphatic heterocycles.